The maximum atomic E-state index is 13.7. The molecular weight excluding hydrogens is 658 g/mol. The third-order valence-electron chi connectivity index (χ3n) is 10.2. The number of anilines is 2. The molecule has 3 unspecified atom stereocenters. The van der Waals surface area contributed by atoms with E-state index < -0.39 is 0 Å². The van der Waals surface area contributed by atoms with Gasteiger partial charge in [0, 0.05) is 37.2 Å². The molecule has 5 aromatic rings. The van der Waals surface area contributed by atoms with E-state index in [2.05, 4.69) is 70.7 Å². The highest BCUT2D eigenvalue weighted by atomic mass is 16.5. The van der Waals surface area contributed by atoms with E-state index in [-0.39, 0.29) is 30.2 Å². The molecule has 5 heterocycles. The molecule has 0 bridgehead atoms. The average molecular weight is 710 g/mol. The molecule has 7 rings (SSSR count). The lowest BCUT2D eigenvalue weighted by molar-refractivity contribution is 0.171. The van der Waals surface area contributed by atoms with Crippen molar-refractivity contribution >= 4 is 23.4 Å². The van der Waals surface area contributed by atoms with E-state index in [0.29, 0.717) is 31.4 Å². The van der Waals surface area contributed by atoms with Crippen molar-refractivity contribution in [2.24, 2.45) is 0 Å². The number of carbonyl (C=O) groups is 1. The van der Waals surface area contributed by atoms with Crippen molar-refractivity contribution in [1.82, 2.24) is 44.4 Å². The first-order valence-electron chi connectivity index (χ1n) is 18.4. The molecule has 1 saturated heterocycles. The molecule has 2 amide bonds. The molecule has 3 N–H and O–H groups in total. The summed E-state index contributed by atoms with van der Waals surface area (Å²) in [6.07, 6.45) is 10.5. The molecular formula is C38H51N11O3. The normalized spacial score (nSPS) is 19.2. The summed E-state index contributed by atoms with van der Waals surface area (Å²) < 4.78 is 12.3. The lowest BCUT2D eigenvalue weighted by atomic mass is 9.85. The van der Waals surface area contributed by atoms with Crippen molar-refractivity contribution in [2.75, 3.05) is 43.5 Å². The number of aliphatic hydroxyl groups is 1. The van der Waals surface area contributed by atoms with Crippen LogP contribution in [0.1, 0.15) is 88.8 Å². The molecule has 1 fully saturated rings. The quantitative estimate of drug-likeness (QED) is 0.162. The summed E-state index contributed by atoms with van der Waals surface area (Å²) in [7, 11) is 1.97. The van der Waals surface area contributed by atoms with Crippen LogP contribution in [0.3, 0.4) is 0 Å². The number of urea groups is 1. The SMILES string of the molecule is CC1CCCCN1c1nnc2ccc(OC3CCC(NC(=O)Nc4cc(C(C)(C)C)nn4-c4cnn(CCN(C)CCO)c4)c4ccccc43)cn12. The minimum absolute atomic E-state index is 0.114. The first-order valence-corrected chi connectivity index (χ1v) is 18.4. The third-order valence-corrected chi connectivity index (χ3v) is 10.2. The van der Waals surface area contributed by atoms with Gasteiger partial charge >= 0.3 is 6.03 Å². The number of fused-ring (bicyclic) bond motifs is 2. The summed E-state index contributed by atoms with van der Waals surface area (Å²) in [5, 5.41) is 33.9. The van der Waals surface area contributed by atoms with Crippen molar-refractivity contribution in [2.45, 2.75) is 89.9 Å². The predicted molar refractivity (Wildman–Crippen MR) is 200 cm³/mol. The lowest BCUT2D eigenvalue weighted by Crippen LogP contribution is -2.38. The van der Waals surface area contributed by atoms with Crippen LogP contribution in [0.15, 0.2) is 61.1 Å². The van der Waals surface area contributed by atoms with Gasteiger partial charge in [-0.2, -0.15) is 10.2 Å². The second kappa shape index (κ2) is 15.0. The van der Waals surface area contributed by atoms with Gasteiger partial charge in [0.15, 0.2) is 5.65 Å². The van der Waals surface area contributed by atoms with Gasteiger partial charge in [-0.05, 0) is 69.3 Å². The number of benzene rings is 1. The number of amides is 2. The summed E-state index contributed by atoms with van der Waals surface area (Å²) in [4.78, 5) is 18.1. The van der Waals surface area contributed by atoms with Crippen LogP contribution < -0.4 is 20.3 Å². The Labute approximate surface area is 304 Å². The Morgan fingerprint density at radius 1 is 1.04 bits per heavy atom. The van der Waals surface area contributed by atoms with E-state index >= 15 is 0 Å². The van der Waals surface area contributed by atoms with Crippen molar-refractivity contribution in [3.63, 3.8) is 0 Å². The molecule has 3 atom stereocenters. The van der Waals surface area contributed by atoms with E-state index in [1.807, 2.05) is 63.8 Å². The fourth-order valence-electron chi connectivity index (χ4n) is 7.19. The van der Waals surface area contributed by atoms with Crippen molar-refractivity contribution in [3.8, 4) is 11.4 Å². The molecule has 1 aliphatic heterocycles. The van der Waals surface area contributed by atoms with E-state index in [0.717, 1.165) is 72.2 Å². The van der Waals surface area contributed by atoms with Crippen LogP contribution in [0.2, 0.25) is 0 Å². The van der Waals surface area contributed by atoms with E-state index in [1.165, 1.54) is 6.42 Å². The molecule has 0 saturated carbocycles. The number of ether oxygens (including phenoxy) is 1. The van der Waals surface area contributed by atoms with Gasteiger partial charge in [0.05, 0.1) is 43.5 Å². The second-order valence-electron chi connectivity index (χ2n) is 15.2. The standard InChI is InChI=1S/C38H51N11O3/c1-26-10-8-9-17-47(26)37-43-42-34-16-13-28(25-48(34)37)52-32-15-14-31(29-11-6-7-12-30(29)32)40-36(51)41-35-22-33(38(2,3)4)44-49(35)27-23-39-46(24-27)19-18-45(5)20-21-50/h6-7,11-13,16,22-26,31-32,50H,8-10,14-15,17-21H2,1-5H3,(H2,40,41,51). The summed E-state index contributed by atoms with van der Waals surface area (Å²) in [5.41, 5.74) is 4.27. The molecule has 0 spiro atoms. The van der Waals surface area contributed by atoms with Gasteiger partial charge < -0.3 is 25.0 Å². The van der Waals surface area contributed by atoms with Crippen molar-refractivity contribution < 1.29 is 14.6 Å². The number of likely N-dealkylation sites (N-methyl/N-ethyl adjacent to an activating group) is 1. The lowest BCUT2D eigenvalue weighted by Gasteiger charge is -2.33. The Morgan fingerprint density at radius 2 is 1.87 bits per heavy atom. The minimum atomic E-state index is -0.309. The number of hydrogen-bond acceptors (Lipinski definition) is 9. The van der Waals surface area contributed by atoms with Crippen molar-refractivity contribution in [3.05, 3.63) is 77.9 Å². The summed E-state index contributed by atoms with van der Waals surface area (Å²) in [6, 6.07) is 14.0. The van der Waals surface area contributed by atoms with Gasteiger partial charge in [-0.15, -0.1) is 10.2 Å². The largest absolute Gasteiger partial charge is 0.484 e. The van der Waals surface area contributed by atoms with Crippen molar-refractivity contribution in [1.29, 1.82) is 0 Å². The first kappa shape index (κ1) is 35.5. The van der Waals surface area contributed by atoms with Crippen LogP contribution in [-0.4, -0.2) is 89.5 Å². The topological polar surface area (TPSA) is 143 Å². The van der Waals surface area contributed by atoms with Gasteiger partial charge in [0.1, 0.15) is 23.4 Å². The van der Waals surface area contributed by atoms with E-state index in [9.17, 15) is 9.90 Å². The van der Waals surface area contributed by atoms with Crippen LogP contribution in [0.4, 0.5) is 16.6 Å². The molecule has 14 heteroatoms. The zero-order chi connectivity index (χ0) is 36.4. The Kier molecular flexibility index (Phi) is 10.2. The minimum Gasteiger partial charge on any atom is -0.484 e. The molecule has 1 aromatic carbocycles. The van der Waals surface area contributed by atoms with Gasteiger partial charge in [0.25, 0.3) is 0 Å². The number of aromatic nitrogens is 7. The third kappa shape index (κ3) is 7.63. The summed E-state index contributed by atoms with van der Waals surface area (Å²) in [6.45, 7) is 11.6. The first-order chi connectivity index (χ1) is 25.1. The zero-order valence-electron chi connectivity index (χ0n) is 30.9. The van der Waals surface area contributed by atoms with Gasteiger partial charge in [-0.25, -0.2) is 9.48 Å². The number of piperidine rings is 1. The Hall–Kier alpha value is -4.95. The molecule has 276 valence electrons. The fraction of sp³-hybridized carbons (Fsp3) is 0.500. The number of nitrogens with zero attached hydrogens (tertiary/aromatic N) is 9. The van der Waals surface area contributed by atoms with E-state index in [1.54, 1.807) is 10.9 Å². The Bertz CT molecular complexity index is 1990. The molecule has 2 aliphatic rings. The van der Waals surface area contributed by atoms with Crippen LogP contribution in [0, 0.1) is 0 Å². The molecule has 52 heavy (non-hydrogen) atoms. The summed E-state index contributed by atoms with van der Waals surface area (Å²) >= 11 is 0. The highest BCUT2D eigenvalue weighted by Gasteiger charge is 2.31. The number of rotatable bonds is 11. The zero-order valence-corrected chi connectivity index (χ0v) is 30.9. The molecule has 0 radical (unpaired) electrons. The van der Waals surface area contributed by atoms with Gasteiger partial charge in [0.2, 0.25) is 5.95 Å². The number of carbonyl (C=O) groups excluding carboxylic acids is 1. The second-order valence-corrected chi connectivity index (χ2v) is 15.2. The van der Waals surface area contributed by atoms with Crippen LogP contribution in [-0.2, 0) is 12.0 Å². The Balaban J connectivity index is 1.06. The van der Waals surface area contributed by atoms with Gasteiger partial charge in [-0.3, -0.25) is 14.4 Å². The number of nitrogens with one attached hydrogen (secondary N) is 2. The smallest absolute Gasteiger partial charge is 0.320 e. The average Bonchev–Trinajstić information content (AvgIpc) is 3.87. The van der Waals surface area contributed by atoms with E-state index in [4.69, 9.17) is 9.84 Å². The highest BCUT2D eigenvalue weighted by Crippen LogP contribution is 2.39. The molecule has 4 aromatic heterocycles. The molecule has 14 nitrogen and oxygen atoms in total. The monoisotopic (exact) mass is 709 g/mol. The van der Waals surface area contributed by atoms with Crippen LogP contribution >= 0.6 is 0 Å². The van der Waals surface area contributed by atoms with Crippen LogP contribution in [0.25, 0.3) is 11.3 Å². The number of hydrogen-bond donors (Lipinski definition) is 3. The predicted octanol–water partition coefficient (Wildman–Crippen LogP) is 5.49. The maximum Gasteiger partial charge on any atom is 0.320 e. The van der Waals surface area contributed by atoms with Gasteiger partial charge in [-0.1, -0.05) is 45.0 Å². The maximum absolute atomic E-state index is 13.7. The highest BCUT2D eigenvalue weighted by molar-refractivity contribution is 5.89. The molecule has 1 aliphatic carbocycles. The Morgan fingerprint density at radius 3 is 2.65 bits per heavy atom. The summed E-state index contributed by atoms with van der Waals surface area (Å²) in [5.74, 6) is 2.18. The number of aliphatic hydroxyl groups excluding tert-OH is 1. The van der Waals surface area contributed by atoms with Crippen LogP contribution in [0.5, 0.6) is 5.75 Å². The fourth-order valence-corrected chi connectivity index (χ4v) is 7.19. The number of pyridine rings is 1.